The molecule has 1 fully saturated rings. The molecule has 1 aromatic heterocycles. The number of carbonyl (C=O) groups is 1. The fourth-order valence-corrected chi connectivity index (χ4v) is 4.94. The van der Waals surface area contributed by atoms with E-state index in [1.807, 2.05) is 30.2 Å². The van der Waals surface area contributed by atoms with Crippen molar-refractivity contribution >= 4 is 28.1 Å². The molecule has 3 rings (SSSR count). The summed E-state index contributed by atoms with van der Waals surface area (Å²) in [5, 5.41) is 5.95. The Labute approximate surface area is 201 Å². The van der Waals surface area contributed by atoms with Crippen molar-refractivity contribution in [2.45, 2.75) is 59.4 Å². The van der Waals surface area contributed by atoms with Gasteiger partial charge in [0.05, 0.1) is 18.2 Å². The van der Waals surface area contributed by atoms with E-state index in [1.165, 1.54) is 17.4 Å². The first-order valence-electron chi connectivity index (χ1n) is 12.2. The highest BCUT2D eigenvalue weighted by atomic mass is 32.1. The first-order valence-corrected chi connectivity index (χ1v) is 13.1. The number of likely N-dealkylation sites (tertiary alicyclic amines) is 1. The van der Waals surface area contributed by atoms with Crippen LogP contribution in [0.2, 0.25) is 0 Å². The third-order valence-electron chi connectivity index (χ3n) is 6.06. The Balaban J connectivity index is 1.52. The molecule has 182 valence electrons. The second-order valence-electron chi connectivity index (χ2n) is 8.55. The molecular formula is C25H37FN4O2S. The van der Waals surface area contributed by atoms with Crippen LogP contribution in [0.4, 0.5) is 15.2 Å². The summed E-state index contributed by atoms with van der Waals surface area (Å²) >= 11 is 1.50. The lowest BCUT2D eigenvalue weighted by atomic mass is 9.96. The van der Waals surface area contributed by atoms with Gasteiger partial charge in [0, 0.05) is 43.3 Å². The number of nitrogens with one attached hydrogen (secondary N) is 1. The van der Waals surface area contributed by atoms with Gasteiger partial charge in [-0.15, -0.1) is 11.3 Å². The van der Waals surface area contributed by atoms with E-state index >= 15 is 0 Å². The van der Waals surface area contributed by atoms with Crippen LogP contribution in [0.3, 0.4) is 0 Å². The summed E-state index contributed by atoms with van der Waals surface area (Å²) in [5.41, 5.74) is 1.62. The van der Waals surface area contributed by atoms with Crippen LogP contribution in [0.5, 0.6) is 5.75 Å². The van der Waals surface area contributed by atoms with Gasteiger partial charge in [-0.25, -0.2) is 9.37 Å². The molecule has 1 aromatic carbocycles. The standard InChI is InChI=1S/C25H37FN4O2S/c1-4-7-8-14-32-23-12-11-20(15-22(23)26)27-25-28-21(18-33-25)17-29-13-9-10-19(16-29)24(31)30(5-2)6-3/h11-12,15,18-19H,4-10,13-14,16-17H2,1-3H3,(H,27,28). The maximum Gasteiger partial charge on any atom is 0.226 e. The van der Waals surface area contributed by atoms with E-state index in [-0.39, 0.29) is 23.4 Å². The van der Waals surface area contributed by atoms with E-state index in [9.17, 15) is 9.18 Å². The molecule has 0 spiro atoms. The normalized spacial score (nSPS) is 16.5. The number of ether oxygens (including phenoxy) is 1. The highest BCUT2D eigenvalue weighted by molar-refractivity contribution is 7.13. The maximum atomic E-state index is 14.4. The molecule has 0 saturated carbocycles. The molecule has 33 heavy (non-hydrogen) atoms. The second kappa shape index (κ2) is 12.9. The predicted molar refractivity (Wildman–Crippen MR) is 133 cm³/mol. The number of thiazole rings is 1. The Morgan fingerprint density at radius 2 is 2.12 bits per heavy atom. The zero-order valence-corrected chi connectivity index (χ0v) is 20.9. The number of benzene rings is 1. The fourth-order valence-electron chi connectivity index (χ4n) is 4.21. The number of amides is 1. The Morgan fingerprint density at radius 1 is 1.30 bits per heavy atom. The first-order chi connectivity index (χ1) is 16.0. The van der Waals surface area contributed by atoms with Gasteiger partial charge < -0.3 is 15.0 Å². The van der Waals surface area contributed by atoms with E-state index in [2.05, 4.69) is 22.1 Å². The van der Waals surface area contributed by atoms with Crippen molar-refractivity contribution in [3.63, 3.8) is 0 Å². The highest BCUT2D eigenvalue weighted by Gasteiger charge is 2.28. The van der Waals surface area contributed by atoms with Crippen molar-refractivity contribution in [3.05, 3.63) is 35.1 Å². The van der Waals surface area contributed by atoms with Crippen LogP contribution in [-0.4, -0.2) is 53.5 Å². The lowest BCUT2D eigenvalue weighted by Crippen LogP contribution is -2.44. The fraction of sp³-hybridized carbons (Fsp3) is 0.600. The van der Waals surface area contributed by atoms with Crippen molar-refractivity contribution in [2.24, 2.45) is 5.92 Å². The summed E-state index contributed by atoms with van der Waals surface area (Å²) in [6.45, 7) is 10.7. The molecule has 0 bridgehead atoms. The minimum atomic E-state index is -0.370. The smallest absolute Gasteiger partial charge is 0.226 e. The molecule has 6 nitrogen and oxygen atoms in total. The molecule has 1 N–H and O–H groups in total. The molecule has 1 unspecified atom stereocenters. The average molecular weight is 477 g/mol. The van der Waals surface area contributed by atoms with Crippen molar-refractivity contribution in [1.82, 2.24) is 14.8 Å². The van der Waals surface area contributed by atoms with Gasteiger partial charge in [-0.2, -0.15) is 0 Å². The van der Waals surface area contributed by atoms with E-state index in [0.717, 1.165) is 75.7 Å². The molecule has 1 aliphatic heterocycles. The van der Waals surface area contributed by atoms with Crippen molar-refractivity contribution in [1.29, 1.82) is 0 Å². The van der Waals surface area contributed by atoms with E-state index in [1.54, 1.807) is 6.07 Å². The molecule has 1 aliphatic rings. The maximum absolute atomic E-state index is 14.4. The van der Waals surface area contributed by atoms with Crippen molar-refractivity contribution < 1.29 is 13.9 Å². The van der Waals surface area contributed by atoms with E-state index in [0.29, 0.717) is 12.3 Å². The lowest BCUT2D eigenvalue weighted by molar-refractivity contribution is -0.137. The zero-order chi connectivity index (χ0) is 23.6. The third kappa shape index (κ3) is 7.40. The number of carbonyl (C=O) groups excluding carboxylic acids is 1. The number of nitrogens with zero attached hydrogens (tertiary/aromatic N) is 3. The SMILES string of the molecule is CCCCCOc1ccc(Nc2nc(CN3CCCC(C(=O)N(CC)CC)C3)cs2)cc1F. The van der Waals surface area contributed by atoms with Crippen LogP contribution >= 0.6 is 11.3 Å². The van der Waals surface area contributed by atoms with Crippen LogP contribution in [0.15, 0.2) is 23.6 Å². The number of hydrogen-bond acceptors (Lipinski definition) is 6. The molecule has 8 heteroatoms. The molecule has 1 atom stereocenters. The number of anilines is 2. The van der Waals surface area contributed by atoms with Gasteiger partial charge in [0.15, 0.2) is 16.7 Å². The average Bonchev–Trinajstić information content (AvgIpc) is 3.25. The van der Waals surface area contributed by atoms with Gasteiger partial charge in [0.1, 0.15) is 0 Å². The summed E-state index contributed by atoms with van der Waals surface area (Å²) in [6, 6.07) is 4.93. The largest absolute Gasteiger partial charge is 0.491 e. The van der Waals surface area contributed by atoms with Crippen LogP contribution in [0.25, 0.3) is 0 Å². The van der Waals surface area contributed by atoms with E-state index < -0.39 is 0 Å². The van der Waals surface area contributed by atoms with Crippen LogP contribution in [0, 0.1) is 11.7 Å². The number of hydrogen-bond donors (Lipinski definition) is 1. The quantitative estimate of drug-likeness (QED) is 0.400. The van der Waals surface area contributed by atoms with Crippen molar-refractivity contribution in [3.8, 4) is 5.75 Å². The molecule has 2 heterocycles. The van der Waals surface area contributed by atoms with Crippen LogP contribution in [-0.2, 0) is 11.3 Å². The summed E-state index contributed by atoms with van der Waals surface area (Å²) in [6.07, 6.45) is 5.10. The summed E-state index contributed by atoms with van der Waals surface area (Å²) < 4.78 is 19.9. The van der Waals surface area contributed by atoms with Crippen LogP contribution < -0.4 is 10.1 Å². The third-order valence-corrected chi connectivity index (χ3v) is 6.86. The number of unbranched alkanes of at least 4 members (excludes halogenated alkanes) is 2. The number of halogens is 1. The second-order valence-corrected chi connectivity index (χ2v) is 9.41. The number of piperidine rings is 1. The van der Waals surface area contributed by atoms with Crippen LogP contribution in [0.1, 0.15) is 58.6 Å². The van der Waals surface area contributed by atoms with Gasteiger partial charge in [-0.05, 0) is 51.8 Å². The first kappa shape index (κ1) is 25.4. The topological polar surface area (TPSA) is 57.7 Å². The van der Waals surface area contributed by atoms with Gasteiger partial charge in [-0.3, -0.25) is 9.69 Å². The monoisotopic (exact) mass is 476 g/mol. The molecule has 1 amide bonds. The Morgan fingerprint density at radius 3 is 2.85 bits per heavy atom. The molecule has 1 saturated heterocycles. The lowest BCUT2D eigenvalue weighted by Gasteiger charge is -2.34. The molecular weight excluding hydrogens is 439 g/mol. The van der Waals surface area contributed by atoms with Crippen molar-refractivity contribution in [2.75, 3.05) is 38.1 Å². The van der Waals surface area contributed by atoms with Gasteiger partial charge >= 0.3 is 0 Å². The van der Waals surface area contributed by atoms with Gasteiger partial charge in [0.2, 0.25) is 5.91 Å². The molecule has 0 radical (unpaired) electrons. The number of aromatic nitrogens is 1. The van der Waals surface area contributed by atoms with Gasteiger partial charge in [-0.1, -0.05) is 19.8 Å². The summed E-state index contributed by atoms with van der Waals surface area (Å²) in [4.78, 5) is 21.7. The zero-order valence-electron chi connectivity index (χ0n) is 20.1. The minimum Gasteiger partial charge on any atom is -0.491 e. The molecule has 0 aliphatic carbocycles. The van der Waals surface area contributed by atoms with E-state index in [4.69, 9.17) is 4.74 Å². The highest BCUT2D eigenvalue weighted by Crippen LogP contribution is 2.27. The van der Waals surface area contributed by atoms with Gasteiger partial charge in [0.25, 0.3) is 0 Å². The molecule has 2 aromatic rings. The Kier molecular flexibility index (Phi) is 9.94. The Bertz CT molecular complexity index is 887. The summed E-state index contributed by atoms with van der Waals surface area (Å²) in [7, 11) is 0. The Hall–Kier alpha value is -2.19. The summed E-state index contributed by atoms with van der Waals surface area (Å²) in [5.74, 6) is 0.256. The predicted octanol–water partition coefficient (Wildman–Crippen LogP) is 5.68. The number of rotatable bonds is 12. The minimum absolute atomic E-state index is 0.0700.